The molecule has 3 aromatic rings. The van der Waals surface area contributed by atoms with Gasteiger partial charge in [-0.3, -0.25) is 9.59 Å². The van der Waals surface area contributed by atoms with Gasteiger partial charge >= 0.3 is 5.97 Å². The average Bonchev–Trinajstić information content (AvgIpc) is 3.10. The first kappa shape index (κ1) is 20.4. The maximum atomic E-state index is 12.5. The molecule has 2 amide bonds. The lowest BCUT2D eigenvalue weighted by Crippen LogP contribution is -2.43. The lowest BCUT2D eigenvalue weighted by molar-refractivity contribution is -0.150. The van der Waals surface area contributed by atoms with Crippen molar-refractivity contribution in [2.24, 2.45) is 0 Å². The maximum Gasteiger partial charge on any atom is 0.329 e. The summed E-state index contributed by atoms with van der Waals surface area (Å²) in [5.74, 6) is -1.54. The highest BCUT2D eigenvalue weighted by molar-refractivity contribution is 6.30. The Morgan fingerprint density at radius 3 is 2.55 bits per heavy atom. The number of para-hydroxylation sites is 1. The fourth-order valence-corrected chi connectivity index (χ4v) is 3.05. The van der Waals surface area contributed by atoms with Crippen molar-refractivity contribution in [1.29, 1.82) is 0 Å². The first-order valence-electron chi connectivity index (χ1n) is 8.96. The van der Waals surface area contributed by atoms with Crippen LogP contribution in [0.3, 0.4) is 0 Å². The van der Waals surface area contributed by atoms with E-state index in [2.05, 4.69) is 15.6 Å². The Morgan fingerprint density at radius 2 is 1.83 bits per heavy atom. The number of aromatic nitrogens is 1. The van der Waals surface area contributed by atoms with E-state index in [1.807, 2.05) is 24.3 Å². The van der Waals surface area contributed by atoms with Crippen LogP contribution in [-0.2, 0) is 25.5 Å². The monoisotopic (exact) mass is 413 g/mol. The Bertz CT molecular complexity index is 1030. The molecular weight excluding hydrogens is 394 g/mol. The SMILES string of the molecule is CC(=O)N[C@@H](Cc1c[nH]c2ccccc12)C(=O)OCC(=O)Nc1ccc(Cl)cc1. The lowest BCUT2D eigenvalue weighted by Gasteiger charge is -2.16. The van der Waals surface area contributed by atoms with Crippen LogP contribution in [0.5, 0.6) is 0 Å². The van der Waals surface area contributed by atoms with Crippen molar-refractivity contribution < 1.29 is 19.1 Å². The number of ether oxygens (including phenoxy) is 1. The normalized spacial score (nSPS) is 11.7. The molecule has 0 aliphatic heterocycles. The number of amides is 2. The number of aromatic amines is 1. The number of rotatable bonds is 7. The Labute approximate surface area is 172 Å². The van der Waals surface area contributed by atoms with Gasteiger partial charge in [0.05, 0.1) is 0 Å². The molecule has 3 N–H and O–H groups in total. The molecule has 2 aromatic carbocycles. The third-order valence-corrected chi connectivity index (χ3v) is 4.49. The van der Waals surface area contributed by atoms with E-state index in [0.29, 0.717) is 10.7 Å². The fraction of sp³-hybridized carbons (Fsp3) is 0.190. The number of H-pyrrole nitrogens is 1. The number of halogens is 1. The van der Waals surface area contributed by atoms with Crippen molar-refractivity contribution in [3.63, 3.8) is 0 Å². The zero-order valence-electron chi connectivity index (χ0n) is 15.7. The van der Waals surface area contributed by atoms with E-state index in [4.69, 9.17) is 16.3 Å². The van der Waals surface area contributed by atoms with Crippen LogP contribution in [-0.4, -0.2) is 35.4 Å². The van der Waals surface area contributed by atoms with Crippen LogP contribution in [0.15, 0.2) is 54.7 Å². The van der Waals surface area contributed by atoms with Gasteiger partial charge in [0.25, 0.3) is 5.91 Å². The van der Waals surface area contributed by atoms with Gasteiger partial charge in [-0.15, -0.1) is 0 Å². The van der Waals surface area contributed by atoms with Crippen LogP contribution < -0.4 is 10.6 Å². The highest BCUT2D eigenvalue weighted by Crippen LogP contribution is 2.19. The van der Waals surface area contributed by atoms with Gasteiger partial charge in [0.1, 0.15) is 6.04 Å². The molecule has 0 aliphatic carbocycles. The van der Waals surface area contributed by atoms with E-state index in [1.165, 1.54) is 6.92 Å². The molecule has 7 nitrogen and oxygen atoms in total. The second-order valence-electron chi connectivity index (χ2n) is 6.48. The van der Waals surface area contributed by atoms with Gasteiger partial charge < -0.3 is 20.4 Å². The molecule has 0 radical (unpaired) electrons. The first-order chi connectivity index (χ1) is 13.9. The van der Waals surface area contributed by atoms with E-state index in [0.717, 1.165) is 16.5 Å². The van der Waals surface area contributed by atoms with E-state index in [1.54, 1.807) is 30.5 Å². The van der Waals surface area contributed by atoms with Gasteiger partial charge in [-0.2, -0.15) is 0 Å². The number of carbonyl (C=O) groups is 3. The molecule has 8 heteroatoms. The molecule has 29 heavy (non-hydrogen) atoms. The van der Waals surface area contributed by atoms with E-state index >= 15 is 0 Å². The maximum absolute atomic E-state index is 12.5. The second-order valence-corrected chi connectivity index (χ2v) is 6.92. The van der Waals surface area contributed by atoms with Gasteiger partial charge in [0, 0.05) is 41.2 Å². The largest absolute Gasteiger partial charge is 0.454 e. The minimum Gasteiger partial charge on any atom is -0.454 e. The van der Waals surface area contributed by atoms with E-state index < -0.39 is 24.5 Å². The number of hydrogen-bond donors (Lipinski definition) is 3. The molecule has 1 aromatic heterocycles. The van der Waals surface area contributed by atoms with Crippen LogP contribution in [0.2, 0.25) is 5.02 Å². The summed E-state index contributed by atoms with van der Waals surface area (Å²) in [6.07, 6.45) is 2.03. The highest BCUT2D eigenvalue weighted by Gasteiger charge is 2.23. The smallest absolute Gasteiger partial charge is 0.329 e. The van der Waals surface area contributed by atoms with Gasteiger partial charge in [0.15, 0.2) is 6.61 Å². The average molecular weight is 414 g/mol. The number of fused-ring (bicyclic) bond motifs is 1. The number of benzene rings is 2. The molecule has 0 saturated heterocycles. The van der Waals surface area contributed by atoms with Crippen LogP contribution in [0, 0.1) is 0 Å². The number of nitrogens with one attached hydrogen (secondary N) is 3. The predicted octanol–water partition coefficient (Wildman–Crippen LogP) is 3.05. The quantitative estimate of drug-likeness (QED) is 0.518. The number of carbonyl (C=O) groups excluding carboxylic acids is 3. The Balaban J connectivity index is 1.62. The number of hydrogen-bond acceptors (Lipinski definition) is 4. The Morgan fingerprint density at radius 1 is 1.10 bits per heavy atom. The predicted molar refractivity (Wildman–Crippen MR) is 111 cm³/mol. The molecule has 1 atom stereocenters. The molecule has 3 rings (SSSR count). The minimum absolute atomic E-state index is 0.237. The summed E-state index contributed by atoms with van der Waals surface area (Å²) in [5.41, 5.74) is 2.33. The summed E-state index contributed by atoms with van der Waals surface area (Å²) in [5, 5.41) is 6.70. The summed E-state index contributed by atoms with van der Waals surface area (Å²) >= 11 is 5.80. The van der Waals surface area contributed by atoms with Crippen molar-refractivity contribution in [1.82, 2.24) is 10.3 Å². The van der Waals surface area contributed by atoms with Crippen LogP contribution in [0.4, 0.5) is 5.69 Å². The molecule has 0 spiro atoms. The Hall–Kier alpha value is -3.32. The molecule has 0 saturated carbocycles. The second kappa shape index (κ2) is 9.25. The zero-order valence-corrected chi connectivity index (χ0v) is 16.5. The zero-order chi connectivity index (χ0) is 20.8. The van der Waals surface area contributed by atoms with Crippen molar-refractivity contribution in [2.75, 3.05) is 11.9 Å². The van der Waals surface area contributed by atoms with E-state index in [-0.39, 0.29) is 12.3 Å². The van der Waals surface area contributed by atoms with Crippen LogP contribution in [0.1, 0.15) is 12.5 Å². The van der Waals surface area contributed by atoms with Gasteiger partial charge in [-0.05, 0) is 35.9 Å². The lowest BCUT2D eigenvalue weighted by atomic mass is 10.0. The minimum atomic E-state index is -0.907. The topological polar surface area (TPSA) is 100 Å². The summed E-state index contributed by atoms with van der Waals surface area (Å²) in [4.78, 5) is 39.2. The van der Waals surface area contributed by atoms with Crippen LogP contribution >= 0.6 is 11.6 Å². The molecule has 0 aliphatic rings. The van der Waals surface area contributed by atoms with Crippen molar-refractivity contribution in [3.8, 4) is 0 Å². The third-order valence-electron chi connectivity index (χ3n) is 4.23. The van der Waals surface area contributed by atoms with Gasteiger partial charge in [0.2, 0.25) is 5.91 Å². The Kier molecular flexibility index (Phi) is 6.51. The van der Waals surface area contributed by atoms with Crippen LogP contribution in [0.25, 0.3) is 10.9 Å². The fourth-order valence-electron chi connectivity index (χ4n) is 2.93. The summed E-state index contributed by atoms with van der Waals surface area (Å²) in [7, 11) is 0. The number of esters is 1. The van der Waals surface area contributed by atoms with Gasteiger partial charge in [-0.1, -0.05) is 29.8 Å². The molecule has 150 valence electrons. The van der Waals surface area contributed by atoms with Crippen molar-refractivity contribution >= 4 is 46.0 Å². The highest BCUT2D eigenvalue weighted by atomic mass is 35.5. The summed E-state index contributed by atoms with van der Waals surface area (Å²) < 4.78 is 5.12. The van der Waals surface area contributed by atoms with Gasteiger partial charge in [-0.25, -0.2) is 4.79 Å². The van der Waals surface area contributed by atoms with Crippen molar-refractivity contribution in [3.05, 3.63) is 65.3 Å². The number of anilines is 1. The molecule has 0 unspecified atom stereocenters. The first-order valence-corrected chi connectivity index (χ1v) is 9.34. The van der Waals surface area contributed by atoms with Crippen molar-refractivity contribution in [2.45, 2.75) is 19.4 Å². The summed E-state index contributed by atoms with van der Waals surface area (Å²) in [6, 6.07) is 13.3. The molecule has 0 bridgehead atoms. The third kappa shape index (κ3) is 5.58. The molecule has 0 fully saturated rings. The summed E-state index contributed by atoms with van der Waals surface area (Å²) in [6.45, 7) is 0.855. The molecular formula is C21H20ClN3O4. The van der Waals surface area contributed by atoms with E-state index in [9.17, 15) is 14.4 Å². The molecule has 1 heterocycles. The standard InChI is InChI=1S/C21H20ClN3O4/c1-13(26)24-19(10-14-11-23-18-5-3-2-4-17(14)18)21(28)29-12-20(27)25-16-8-6-15(22)7-9-16/h2-9,11,19,23H,10,12H2,1H3,(H,24,26)(H,25,27)/t19-/m0/s1.